The molecule has 1 amide bonds. The van der Waals surface area contributed by atoms with Crippen LogP contribution in [0, 0.1) is 0 Å². The molecule has 0 saturated carbocycles. The first-order chi connectivity index (χ1) is 10.6. The van der Waals surface area contributed by atoms with Gasteiger partial charge in [-0.1, -0.05) is 44.2 Å². The molecule has 0 saturated heterocycles. The standard InChI is InChI=1S/C18H27NO3/c1-15(20)11-7-5-3-2-4-6-10-14-19-18(22)16-12-8-9-13-17(16)21/h8-9,12-13,21H,2-7,10-11,14H2,1H3,(H,19,22). The van der Waals surface area contributed by atoms with Crippen LogP contribution in [-0.2, 0) is 4.79 Å². The Morgan fingerprint density at radius 2 is 1.55 bits per heavy atom. The van der Waals surface area contributed by atoms with Crippen LogP contribution in [0.4, 0.5) is 0 Å². The van der Waals surface area contributed by atoms with Gasteiger partial charge in [-0.05, 0) is 31.9 Å². The molecular weight excluding hydrogens is 278 g/mol. The lowest BCUT2D eigenvalue weighted by Crippen LogP contribution is -2.24. The van der Waals surface area contributed by atoms with E-state index in [4.69, 9.17) is 0 Å². The molecule has 122 valence electrons. The van der Waals surface area contributed by atoms with E-state index < -0.39 is 0 Å². The van der Waals surface area contributed by atoms with Crippen LogP contribution >= 0.6 is 0 Å². The van der Waals surface area contributed by atoms with Gasteiger partial charge < -0.3 is 15.2 Å². The summed E-state index contributed by atoms with van der Waals surface area (Å²) < 4.78 is 0. The van der Waals surface area contributed by atoms with Gasteiger partial charge in [-0.3, -0.25) is 4.79 Å². The molecule has 0 aromatic heterocycles. The number of rotatable bonds is 11. The third-order valence-electron chi connectivity index (χ3n) is 3.64. The fourth-order valence-electron chi connectivity index (χ4n) is 2.35. The fraction of sp³-hybridized carbons (Fsp3) is 0.556. The van der Waals surface area contributed by atoms with E-state index in [1.165, 1.54) is 18.9 Å². The van der Waals surface area contributed by atoms with Crippen molar-refractivity contribution in [2.45, 2.75) is 58.3 Å². The van der Waals surface area contributed by atoms with E-state index in [2.05, 4.69) is 5.32 Å². The second kappa shape index (κ2) is 10.8. The van der Waals surface area contributed by atoms with Gasteiger partial charge in [-0.15, -0.1) is 0 Å². The predicted octanol–water partition coefficient (Wildman–Crippen LogP) is 3.83. The van der Waals surface area contributed by atoms with Gasteiger partial charge >= 0.3 is 0 Å². The Hall–Kier alpha value is -1.84. The molecule has 0 heterocycles. The van der Waals surface area contributed by atoms with Crippen LogP contribution in [0.3, 0.4) is 0 Å². The van der Waals surface area contributed by atoms with Crippen molar-refractivity contribution in [2.24, 2.45) is 0 Å². The molecule has 0 atom stereocenters. The Kier molecular flexibility index (Phi) is 8.96. The molecule has 0 aliphatic heterocycles. The van der Waals surface area contributed by atoms with Crippen molar-refractivity contribution in [3.05, 3.63) is 29.8 Å². The molecule has 0 aliphatic rings. The Labute approximate surface area is 132 Å². The predicted molar refractivity (Wildman–Crippen MR) is 88.1 cm³/mol. The van der Waals surface area contributed by atoms with E-state index in [1.54, 1.807) is 25.1 Å². The molecule has 2 N–H and O–H groups in total. The van der Waals surface area contributed by atoms with E-state index >= 15 is 0 Å². The first kappa shape index (κ1) is 18.2. The number of hydrogen-bond acceptors (Lipinski definition) is 3. The number of unbranched alkanes of at least 4 members (excludes halogenated alkanes) is 6. The fourth-order valence-corrected chi connectivity index (χ4v) is 2.35. The average molecular weight is 305 g/mol. The summed E-state index contributed by atoms with van der Waals surface area (Å²) in [5.41, 5.74) is 0.327. The highest BCUT2D eigenvalue weighted by molar-refractivity contribution is 5.96. The van der Waals surface area contributed by atoms with Gasteiger partial charge in [-0.25, -0.2) is 0 Å². The van der Waals surface area contributed by atoms with Crippen molar-refractivity contribution in [3.8, 4) is 5.75 Å². The van der Waals surface area contributed by atoms with E-state index in [0.29, 0.717) is 18.5 Å². The molecule has 4 nitrogen and oxygen atoms in total. The summed E-state index contributed by atoms with van der Waals surface area (Å²) in [6.45, 7) is 2.28. The molecule has 0 spiro atoms. The summed E-state index contributed by atoms with van der Waals surface area (Å²) >= 11 is 0. The molecule has 1 aromatic carbocycles. The zero-order valence-corrected chi connectivity index (χ0v) is 13.4. The van der Waals surface area contributed by atoms with E-state index in [1.807, 2.05) is 0 Å². The topological polar surface area (TPSA) is 66.4 Å². The van der Waals surface area contributed by atoms with Crippen molar-refractivity contribution in [1.29, 1.82) is 0 Å². The number of Topliss-reactive ketones (excluding diaryl/α,β-unsaturated/α-hetero) is 1. The summed E-state index contributed by atoms with van der Waals surface area (Å²) in [6.07, 6.45) is 8.41. The lowest BCUT2D eigenvalue weighted by atomic mass is 10.1. The third kappa shape index (κ3) is 7.81. The maximum Gasteiger partial charge on any atom is 0.255 e. The molecule has 22 heavy (non-hydrogen) atoms. The highest BCUT2D eigenvalue weighted by Crippen LogP contribution is 2.15. The quantitative estimate of drug-likeness (QED) is 0.611. The van der Waals surface area contributed by atoms with Crippen LogP contribution in [-0.4, -0.2) is 23.3 Å². The van der Waals surface area contributed by atoms with Crippen molar-refractivity contribution < 1.29 is 14.7 Å². The number of nitrogens with one attached hydrogen (secondary N) is 1. The first-order valence-corrected chi connectivity index (χ1v) is 8.17. The molecule has 4 heteroatoms. The molecule has 1 aromatic rings. The number of phenols is 1. The Morgan fingerprint density at radius 1 is 0.955 bits per heavy atom. The van der Waals surface area contributed by atoms with Crippen LogP contribution < -0.4 is 5.32 Å². The lowest BCUT2D eigenvalue weighted by Gasteiger charge is -2.06. The minimum Gasteiger partial charge on any atom is -0.507 e. The van der Waals surface area contributed by atoms with E-state index in [-0.39, 0.29) is 17.4 Å². The second-order valence-corrected chi connectivity index (χ2v) is 5.70. The zero-order valence-electron chi connectivity index (χ0n) is 13.4. The van der Waals surface area contributed by atoms with E-state index in [9.17, 15) is 14.7 Å². The molecule has 0 fully saturated rings. The summed E-state index contributed by atoms with van der Waals surface area (Å²) in [4.78, 5) is 22.6. The summed E-state index contributed by atoms with van der Waals surface area (Å²) in [5.74, 6) is 0.0769. The average Bonchev–Trinajstić information content (AvgIpc) is 2.49. The van der Waals surface area contributed by atoms with Crippen molar-refractivity contribution in [2.75, 3.05) is 6.54 Å². The van der Waals surface area contributed by atoms with Gasteiger partial charge in [-0.2, -0.15) is 0 Å². The number of ketones is 1. The minimum atomic E-state index is -0.220. The highest BCUT2D eigenvalue weighted by Gasteiger charge is 2.08. The maximum atomic E-state index is 11.8. The molecule has 0 radical (unpaired) electrons. The Balaban J connectivity index is 1.99. The SMILES string of the molecule is CC(=O)CCCCCCCCCNC(=O)c1ccccc1O. The van der Waals surface area contributed by atoms with E-state index in [0.717, 1.165) is 32.1 Å². The second-order valence-electron chi connectivity index (χ2n) is 5.70. The lowest BCUT2D eigenvalue weighted by molar-refractivity contribution is -0.117. The van der Waals surface area contributed by atoms with Crippen LogP contribution in [0.2, 0.25) is 0 Å². The van der Waals surface area contributed by atoms with Gasteiger partial charge in [0, 0.05) is 13.0 Å². The number of para-hydroxylation sites is 1. The van der Waals surface area contributed by atoms with Gasteiger partial charge in [0.15, 0.2) is 0 Å². The van der Waals surface area contributed by atoms with Crippen molar-refractivity contribution >= 4 is 11.7 Å². The number of amides is 1. The normalized spacial score (nSPS) is 10.4. The number of benzene rings is 1. The number of aromatic hydroxyl groups is 1. The third-order valence-corrected chi connectivity index (χ3v) is 3.64. The number of hydrogen-bond donors (Lipinski definition) is 2. The smallest absolute Gasteiger partial charge is 0.255 e. The monoisotopic (exact) mass is 305 g/mol. The van der Waals surface area contributed by atoms with Gasteiger partial charge in [0.1, 0.15) is 11.5 Å². The Morgan fingerprint density at radius 3 is 2.18 bits per heavy atom. The van der Waals surface area contributed by atoms with Crippen LogP contribution in [0.15, 0.2) is 24.3 Å². The Bertz CT molecular complexity index is 471. The summed E-state index contributed by atoms with van der Waals surface area (Å²) in [7, 11) is 0. The molecule has 0 unspecified atom stereocenters. The number of carbonyl (C=O) groups excluding carboxylic acids is 2. The minimum absolute atomic E-state index is 0.0190. The summed E-state index contributed by atoms with van der Waals surface area (Å²) in [5, 5.41) is 12.4. The maximum absolute atomic E-state index is 11.8. The van der Waals surface area contributed by atoms with Crippen LogP contribution in [0.5, 0.6) is 5.75 Å². The molecular formula is C18H27NO3. The number of carbonyl (C=O) groups is 2. The van der Waals surface area contributed by atoms with Gasteiger partial charge in [0.2, 0.25) is 0 Å². The zero-order chi connectivity index (χ0) is 16.2. The van der Waals surface area contributed by atoms with Crippen molar-refractivity contribution in [1.82, 2.24) is 5.32 Å². The highest BCUT2D eigenvalue weighted by atomic mass is 16.3. The largest absolute Gasteiger partial charge is 0.507 e. The number of phenolic OH excluding ortho intramolecular Hbond substituents is 1. The first-order valence-electron chi connectivity index (χ1n) is 8.17. The van der Waals surface area contributed by atoms with Gasteiger partial charge in [0.25, 0.3) is 5.91 Å². The van der Waals surface area contributed by atoms with Gasteiger partial charge in [0.05, 0.1) is 5.56 Å². The molecule has 0 bridgehead atoms. The van der Waals surface area contributed by atoms with Crippen LogP contribution in [0.25, 0.3) is 0 Å². The molecule has 1 rings (SSSR count). The summed E-state index contributed by atoms with van der Waals surface area (Å²) in [6, 6.07) is 6.57. The molecule has 0 aliphatic carbocycles. The van der Waals surface area contributed by atoms with Crippen molar-refractivity contribution in [3.63, 3.8) is 0 Å². The van der Waals surface area contributed by atoms with Crippen LogP contribution in [0.1, 0.15) is 68.6 Å².